The van der Waals surface area contributed by atoms with Crippen molar-refractivity contribution in [3.63, 3.8) is 0 Å². The highest BCUT2D eigenvalue weighted by Crippen LogP contribution is 2.21. The van der Waals surface area contributed by atoms with E-state index in [0.29, 0.717) is 6.04 Å². The number of likely N-dealkylation sites (N-methyl/N-ethyl adjacent to an activating group) is 1. The van der Waals surface area contributed by atoms with E-state index in [9.17, 15) is 4.39 Å². The molecule has 0 saturated heterocycles. The smallest absolute Gasteiger partial charge is 0.124 e. The van der Waals surface area contributed by atoms with Gasteiger partial charge in [-0.05, 0) is 42.3 Å². The zero-order chi connectivity index (χ0) is 14.3. The number of halogens is 2. The summed E-state index contributed by atoms with van der Waals surface area (Å²) in [5.74, 6) is 2.82. The molecule has 19 heavy (non-hydrogen) atoms. The highest BCUT2D eigenvalue weighted by atomic mass is 79.9. The van der Waals surface area contributed by atoms with Crippen LogP contribution in [0.3, 0.4) is 0 Å². The van der Waals surface area contributed by atoms with Crippen LogP contribution >= 0.6 is 27.7 Å². The van der Waals surface area contributed by atoms with Crippen molar-refractivity contribution < 1.29 is 4.39 Å². The normalized spacial score (nSPS) is 12.9. The van der Waals surface area contributed by atoms with Crippen LogP contribution in [0.2, 0.25) is 0 Å². The summed E-state index contributed by atoms with van der Waals surface area (Å²) in [5.41, 5.74) is 1.16. The van der Waals surface area contributed by atoms with Crippen LogP contribution in [0.4, 0.5) is 4.39 Å². The molecule has 0 radical (unpaired) electrons. The van der Waals surface area contributed by atoms with E-state index >= 15 is 0 Å². The number of nitrogens with one attached hydrogen (secondary N) is 1. The number of hydrogen-bond donors (Lipinski definition) is 1. The van der Waals surface area contributed by atoms with Gasteiger partial charge in [0, 0.05) is 16.3 Å². The highest BCUT2D eigenvalue weighted by molar-refractivity contribution is 9.10. The summed E-state index contributed by atoms with van der Waals surface area (Å²) >= 11 is 5.43. The van der Waals surface area contributed by atoms with Gasteiger partial charge in [0.25, 0.3) is 0 Å². The van der Waals surface area contributed by atoms with E-state index in [-0.39, 0.29) is 5.82 Å². The Labute approximate surface area is 128 Å². The Morgan fingerprint density at radius 3 is 2.63 bits per heavy atom. The molecule has 1 N–H and O–H groups in total. The first kappa shape index (κ1) is 17.0. The molecule has 1 aromatic rings. The Kier molecular flexibility index (Phi) is 8.03. The summed E-state index contributed by atoms with van der Waals surface area (Å²) in [4.78, 5) is 0. The minimum absolute atomic E-state index is 0.190. The average Bonchev–Trinajstić information content (AvgIpc) is 2.32. The summed E-state index contributed by atoms with van der Waals surface area (Å²) in [6.07, 6.45) is 0.930. The van der Waals surface area contributed by atoms with E-state index < -0.39 is 0 Å². The van der Waals surface area contributed by atoms with Gasteiger partial charge < -0.3 is 5.32 Å². The first-order valence-corrected chi connectivity index (χ1v) is 8.72. The monoisotopic (exact) mass is 347 g/mol. The topological polar surface area (TPSA) is 12.0 Å². The molecule has 0 amide bonds. The second-order valence-electron chi connectivity index (χ2n) is 5.13. The molecule has 0 fully saturated rings. The van der Waals surface area contributed by atoms with E-state index in [1.165, 1.54) is 11.8 Å². The highest BCUT2D eigenvalue weighted by Gasteiger charge is 2.11. The Morgan fingerprint density at radius 2 is 2.05 bits per heavy atom. The van der Waals surface area contributed by atoms with Crippen LogP contribution in [0.5, 0.6) is 0 Å². The van der Waals surface area contributed by atoms with Gasteiger partial charge in [0.1, 0.15) is 5.82 Å². The lowest BCUT2D eigenvalue weighted by Gasteiger charge is -2.19. The first-order valence-electron chi connectivity index (χ1n) is 6.78. The maximum Gasteiger partial charge on any atom is 0.124 e. The van der Waals surface area contributed by atoms with Crippen molar-refractivity contribution in [2.24, 2.45) is 5.92 Å². The van der Waals surface area contributed by atoms with Crippen LogP contribution in [-0.4, -0.2) is 24.1 Å². The predicted molar refractivity (Wildman–Crippen MR) is 87.4 cm³/mol. The van der Waals surface area contributed by atoms with Gasteiger partial charge in [-0.25, -0.2) is 4.39 Å². The minimum atomic E-state index is -0.190. The van der Waals surface area contributed by atoms with Gasteiger partial charge in [-0.15, -0.1) is 0 Å². The molecule has 0 aromatic heterocycles. The lowest BCUT2D eigenvalue weighted by atomic mass is 10.1. The fourth-order valence-corrected chi connectivity index (χ4v) is 3.52. The van der Waals surface area contributed by atoms with Crippen LogP contribution in [0.15, 0.2) is 22.7 Å². The molecule has 0 bridgehead atoms. The third kappa shape index (κ3) is 6.77. The summed E-state index contributed by atoms with van der Waals surface area (Å²) < 4.78 is 13.9. The molecule has 0 spiro atoms. The third-order valence-electron chi connectivity index (χ3n) is 2.74. The average molecular weight is 348 g/mol. The van der Waals surface area contributed by atoms with Gasteiger partial charge in [-0.1, -0.05) is 42.8 Å². The molecule has 1 rings (SSSR count). The minimum Gasteiger partial charge on any atom is -0.313 e. The second kappa shape index (κ2) is 8.98. The molecule has 4 heteroatoms. The Balaban J connectivity index is 2.56. The van der Waals surface area contributed by atoms with E-state index in [4.69, 9.17) is 0 Å². The van der Waals surface area contributed by atoms with E-state index in [2.05, 4.69) is 42.0 Å². The Morgan fingerprint density at radius 1 is 1.32 bits per heavy atom. The van der Waals surface area contributed by atoms with E-state index in [1.807, 2.05) is 17.8 Å². The van der Waals surface area contributed by atoms with Crippen molar-refractivity contribution in [1.82, 2.24) is 5.32 Å². The number of benzene rings is 1. The molecule has 108 valence electrons. The number of hydrogen-bond acceptors (Lipinski definition) is 2. The molecular formula is C15H23BrFNS. The molecule has 0 saturated carbocycles. The maximum atomic E-state index is 13.1. The molecule has 0 aliphatic heterocycles. The van der Waals surface area contributed by atoms with Gasteiger partial charge in [-0.3, -0.25) is 0 Å². The van der Waals surface area contributed by atoms with Crippen molar-refractivity contribution in [3.05, 3.63) is 34.1 Å². The summed E-state index contributed by atoms with van der Waals surface area (Å²) in [7, 11) is 0. The predicted octanol–water partition coefficient (Wildman–Crippen LogP) is 4.50. The van der Waals surface area contributed by atoms with Gasteiger partial charge in [0.05, 0.1) is 0 Å². The lowest BCUT2D eigenvalue weighted by Crippen LogP contribution is -2.33. The first-order chi connectivity index (χ1) is 9.02. The molecule has 0 aliphatic carbocycles. The zero-order valence-corrected chi connectivity index (χ0v) is 14.3. The molecule has 1 aromatic carbocycles. The molecule has 1 unspecified atom stereocenters. The van der Waals surface area contributed by atoms with Gasteiger partial charge in [0.15, 0.2) is 0 Å². The molecule has 1 atom stereocenters. The SMILES string of the molecule is CCNC(CSCC(C)C)Cc1ccc(F)cc1Br. The van der Waals surface area contributed by atoms with Crippen LogP contribution in [0.25, 0.3) is 0 Å². The molecule has 1 nitrogen and oxygen atoms in total. The molecule has 0 aliphatic rings. The summed E-state index contributed by atoms with van der Waals surface area (Å²) in [6.45, 7) is 7.57. The second-order valence-corrected chi connectivity index (χ2v) is 7.06. The standard InChI is InChI=1S/C15H23BrFNS/c1-4-18-14(10-19-9-11(2)3)7-12-5-6-13(17)8-15(12)16/h5-6,8,11,14,18H,4,7,9-10H2,1-3H3. The largest absolute Gasteiger partial charge is 0.313 e. The quantitative estimate of drug-likeness (QED) is 0.742. The van der Waals surface area contributed by atoms with Crippen molar-refractivity contribution in [2.75, 3.05) is 18.1 Å². The van der Waals surface area contributed by atoms with Crippen molar-refractivity contribution in [3.8, 4) is 0 Å². The number of thioether (sulfide) groups is 1. The van der Waals surface area contributed by atoms with Gasteiger partial charge in [0.2, 0.25) is 0 Å². The molecule has 0 heterocycles. The number of rotatable bonds is 8. The van der Waals surface area contributed by atoms with Gasteiger partial charge in [-0.2, -0.15) is 11.8 Å². The fraction of sp³-hybridized carbons (Fsp3) is 0.600. The molecular weight excluding hydrogens is 325 g/mol. The third-order valence-corrected chi connectivity index (χ3v) is 5.02. The van der Waals surface area contributed by atoms with Crippen LogP contribution in [0.1, 0.15) is 26.3 Å². The van der Waals surface area contributed by atoms with Crippen LogP contribution in [-0.2, 0) is 6.42 Å². The van der Waals surface area contributed by atoms with E-state index in [0.717, 1.165) is 34.7 Å². The fourth-order valence-electron chi connectivity index (χ4n) is 1.88. The van der Waals surface area contributed by atoms with Gasteiger partial charge >= 0.3 is 0 Å². The summed E-state index contributed by atoms with van der Waals surface area (Å²) in [6, 6.07) is 5.39. The lowest BCUT2D eigenvalue weighted by molar-refractivity contribution is 0.569. The summed E-state index contributed by atoms with van der Waals surface area (Å²) in [5, 5.41) is 3.51. The van der Waals surface area contributed by atoms with Crippen LogP contribution in [0, 0.1) is 11.7 Å². The van der Waals surface area contributed by atoms with Crippen molar-refractivity contribution in [2.45, 2.75) is 33.2 Å². The van der Waals surface area contributed by atoms with E-state index in [1.54, 1.807) is 6.07 Å². The van der Waals surface area contributed by atoms with Crippen molar-refractivity contribution in [1.29, 1.82) is 0 Å². The zero-order valence-electron chi connectivity index (χ0n) is 11.9. The van der Waals surface area contributed by atoms with Crippen LogP contribution < -0.4 is 5.32 Å². The Hall–Kier alpha value is -0.0600. The van der Waals surface area contributed by atoms with Crippen molar-refractivity contribution >= 4 is 27.7 Å². The Bertz CT molecular complexity index is 384. The maximum absolute atomic E-state index is 13.1.